The molecule has 0 amide bonds. The third kappa shape index (κ3) is 2.49. The number of nitro groups is 2. The molecule has 0 fully saturated rings. The van der Waals surface area contributed by atoms with Crippen LogP contribution in [0.3, 0.4) is 0 Å². The lowest BCUT2D eigenvalue weighted by Crippen LogP contribution is -1.91. The second-order valence-electron chi connectivity index (χ2n) is 3.77. The third-order valence-corrected chi connectivity index (χ3v) is 2.56. The standard InChI is InChI=1S/C12H8N2O5/c15-12-5-4-9(7-11(12)14(18)19)8-2-1-3-10(6-8)13(16)17/h1-7,15H. The SMILES string of the molecule is O=[N+]([O-])c1cccc(-c2ccc(O)c([N+](=O)[O-])c2)c1. The van der Waals surface area contributed by atoms with E-state index in [1.165, 1.54) is 36.4 Å². The molecule has 0 aliphatic carbocycles. The Bertz CT molecular complexity index is 669. The summed E-state index contributed by atoms with van der Waals surface area (Å²) in [5.74, 6) is -0.445. The molecule has 0 atom stereocenters. The van der Waals surface area contributed by atoms with E-state index in [0.717, 1.165) is 0 Å². The Labute approximate surface area is 107 Å². The minimum atomic E-state index is -0.712. The summed E-state index contributed by atoms with van der Waals surface area (Å²) in [4.78, 5) is 20.1. The number of phenols is 1. The van der Waals surface area contributed by atoms with E-state index in [-0.39, 0.29) is 5.69 Å². The van der Waals surface area contributed by atoms with Gasteiger partial charge in [0.05, 0.1) is 9.85 Å². The maximum Gasteiger partial charge on any atom is 0.311 e. The molecule has 7 nitrogen and oxygen atoms in total. The van der Waals surface area contributed by atoms with Crippen molar-refractivity contribution in [2.75, 3.05) is 0 Å². The molecule has 2 rings (SSSR count). The fourth-order valence-electron chi connectivity index (χ4n) is 1.65. The number of phenolic OH excluding ortho intramolecular Hbond substituents is 1. The van der Waals surface area contributed by atoms with Gasteiger partial charge >= 0.3 is 5.69 Å². The molecule has 0 heterocycles. The summed E-state index contributed by atoms with van der Waals surface area (Å²) < 4.78 is 0. The summed E-state index contributed by atoms with van der Waals surface area (Å²) in [5, 5.41) is 30.7. The van der Waals surface area contributed by atoms with Crippen LogP contribution in [0, 0.1) is 20.2 Å². The first-order chi connectivity index (χ1) is 8.99. The van der Waals surface area contributed by atoms with E-state index in [2.05, 4.69) is 0 Å². The molecule has 0 aliphatic rings. The van der Waals surface area contributed by atoms with Crippen molar-refractivity contribution in [1.29, 1.82) is 0 Å². The number of hydrogen-bond donors (Lipinski definition) is 1. The largest absolute Gasteiger partial charge is 0.502 e. The van der Waals surface area contributed by atoms with Gasteiger partial charge in [0, 0.05) is 18.2 Å². The fourth-order valence-corrected chi connectivity index (χ4v) is 1.65. The Morgan fingerprint density at radius 3 is 2.21 bits per heavy atom. The first-order valence-electron chi connectivity index (χ1n) is 5.21. The molecule has 0 saturated heterocycles. The summed E-state index contributed by atoms with van der Waals surface area (Å²) in [6.45, 7) is 0. The molecule has 2 aromatic rings. The average Bonchev–Trinajstić information content (AvgIpc) is 2.39. The van der Waals surface area contributed by atoms with E-state index in [0.29, 0.717) is 11.1 Å². The molecule has 0 radical (unpaired) electrons. The molecule has 2 aromatic carbocycles. The van der Waals surface area contributed by atoms with Gasteiger partial charge in [0.15, 0.2) is 5.75 Å². The summed E-state index contributed by atoms with van der Waals surface area (Å²) in [6, 6.07) is 9.56. The lowest BCUT2D eigenvalue weighted by molar-refractivity contribution is -0.385. The minimum absolute atomic E-state index is 0.103. The van der Waals surface area contributed by atoms with Gasteiger partial charge in [0.2, 0.25) is 0 Å². The van der Waals surface area contributed by atoms with Gasteiger partial charge in [-0.05, 0) is 17.2 Å². The second-order valence-corrected chi connectivity index (χ2v) is 3.77. The quantitative estimate of drug-likeness (QED) is 0.674. The monoisotopic (exact) mass is 260 g/mol. The fraction of sp³-hybridized carbons (Fsp3) is 0. The lowest BCUT2D eigenvalue weighted by atomic mass is 10.0. The highest BCUT2D eigenvalue weighted by Crippen LogP contribution is 2.32. The minimum Gasteiger partial charge on any atom is -0.502 e. The van der Waals surface area contributed by atoms with E-state index in [1.807, 2.05) is 0 Å². The topological polar surface area (TPSA) is 107 Å². The molecule has 0 unspecified atom stereocenters. The van der Waals surface area contributed by atoms with Crippen molar-refractivity contribution in [2.24, 2.45) is 0 Å². The van der Waals surface area contributed by atoms with Crippen LogP contribution in [-0.2, 0) is 0 Å². The van der Waals surface area contributed by atoms with Crippen molar-refractivity contribution in [3.63, 3.8) is 0 Å². The van der Waals surface area contributed by atoms with Crippen molar-refractivity contribution in [1.82, 2.24) is 0 Å². The zero-order valence-electron chi connectivity index (χ0n) is 9.52. The van der Waals surface area contributed by atoms with Crippen molar-refractivity contribution in [3.05, 3.63) is 62.7 Å². The number of nitro benzene ring substituents is 2. The summed E-state index contributed by atoms with van der Waals surface area (Å²) in [6.07, 6.45) is 0. The second kappa shape index (κ2) is 4.73. The van der Waals surface area contributed by atoms with Crippen LogP contribution in [-0.4, -0.2) is 15.0 Å². The molecule has 19 heavy (non-hydrogen) atoms. The van der Waals surface area contributed by atoms with Crippen LogP contribution in [0.5, 0.6) is 5.75 Å². The van der Waals surface area contributed by atoms with E-state index in [9.17, 15) is 25.3 Å². The number of aromatic hydroxyl groups is 1. The van der Waals surface area contributed by atoms with Crippen molar-refractivity contribution in [2.45, 2.75) is 0 Å². The van der Waals surface area contributed by atoms with E-state index < -0.39 is 21.3 Å². The highest BCUT2D eigenvalue weighted by molar-refractivity contribution is 5.70. The van der Waals surface area contributed by atoms with Gasteiger partial charge < -0.3 is 5.11 Å². The average molecular weight is 260 g/mol. The summed E-state index contributed by atoms with van der Waals surface area (Å²) in [5.41, 5.74) is 0.350. The van der Waals surface area contributed by atoms with Gasteiger partial charge in [-0.1, -0.05) is 18.2 Å². The first kappa shape index (κ1) is 12.5. The summed E-state index contributed by atoms with van der Waals surface area (Å²) >= 11 is 0. The predicted octanol–water partition coefficient (Wildman–Crippen LogP) is 2.88. The van der Waals surface area contributed by atoms with Crippen LogP contribution in [0.4, 0.5) is 11.4 Å². The van der Waals surface area contributed by atoms with Crippen molar-refractivity contribution >= 4 is 11.4 Å². The van der Waals surface area contributed by atoms with Crippen LogP contribution in [0.25, 0.3) is 11.1 Å². The number of rotatable bonds is 3. The molecular weight excluding hydrogens is 252 g/mol. The van der Waals surface area contributed by atoms with Crippen LogP contribution in [0.2, 0.25) is 0 Å². The predicted molar refractivity (Wildman–Crippen MR) is 66.9 cm³/mol. The van der Waals surface area contributed by atoms with Crippen LogP contribution < -0.4 is 0 Å². The Balaban J connectivity index is 2.53. The van der Waals surface area contributed by atoms with E-state index in [1.54, 1.807) is 6.07 Å². The van der Waals surface area contributed by atoms with Crippen LogP contribution >= 0.6 is 0 Å². The smallest absolute Gasteiger partial charge is 0.311 e. The van der Waals surface area contributed by atoms with Crippen molar-refractivity contribution in [3.8, 4) is 16.9 Å². The molecule has 0 bridgehead atoms. The van der Waals surface area contributed by atoms with Gasteiger partial charge in [-0.3, -0.25) is 20.2 Å². The molecule has 1 N–H and O–H groups in total. The number of hydrogen-bond acceptors (Lipinski definition) is 5. The molecule has 0 aliphatic heterocycles. The van der Waals surface area contributed by atoms with Crippen molar-refractivity contribution < 1.29 is 15.0 Å². The molecular formula is C12H8N2O5. The zero-order chi connectivity index (χ0) is 14.0. The Morgan fingerprint density at radius 1 is 0.895 bits per heavy atom. The summed E-state index contributed by atoms with van der Waals surface area (Å²) in [7, 11) is 0. The zero-order valence-corrected chi connectivity index (χ0v) is 9.52. The molecule has 0 saturated carbocycles. The van der Waals surface area contributed by atoms with Gasteiger partial charge in [-0.2, -0.15) is 0 Å². The number of nitrogens with zero attached hydrogens (tertiary/aromatic N) is 2. The van der Waals surface area contributed by atoms with Gasteiger partial charge in [-0.25, -0.2) is 0 Å². The third-order valence-electron chi connectivity index (χ3n) is 2.56. The van der Waals surface area contributed by atoms with Crippen LogP contribution in [0.1, 0.15) is 0 Å². The highest BCUT2D eigenvalue weighted by atomic mass is 16.6. The molecule has 7 heteroatoms. The molecule has 0 spiro atoms. The number of non-ortho nitro benzene ring substituents is 1. The highest BCUT2D eigenvalue weighted by Gasteiger charge is 2.15. The molecule has 96 valence electrons. The normalized spacial score (nSPS) is 10.1. The first-order valence-corrected chi connectivity index (χ1v) is 5.21. The van der Waals surface area contributed by atoms with Gasteiger partial charge in [-0.15, -0.1) is 0 Å². The maximum atomic E-state index is 10.7. The molecule has 0 aromatic heterocycles. The number of benzene rings is 2. The Hall–Kier alpha value is -2.96. The van der Waals surface area contributed by atoms with Gasteiger partial charge in [0.25, 0.3) is 5.69 Å². The maximum absolute atomic E-state index is 10.7. The van der Waals surface area contributed by atoms with Gasteiger partial charge in [0.1, 0.15) is 0 Å². The van der Waals surface area contributed by atoms with Crippen LogP contribution in [0.15, 0.2) is 42.5 Å². The Kier molecular flexibility index (Phi) is 3.11. The lowest BCUT2D eigenvalue weighted by Gasteiger charge is -2.02. The Morgan fingerprint density at radius 2 is 1.58 bits per heavy atom. The van der Waals surface area contributed by atoms with E-state index >= 15 is 0 Å². The van der Waals surface area contributed by atoms with E-state index in [4.69, 9.17) is 0 Å².